The lowest BCUT2D eigenvalue weighted by atomic mass is 10.0. The third-order valence-corrected chi connectivity index (χ3v) is 6.22. The zero-order valence-electron chi connectivity index (χ0n) is 21.3. The Labute approximate surface area is 216 Å². The van der Waals surface area contributed by atoms with Gasteiger partial charge < -0.3 is 18.9 Å². The van der Waals surface area contributed by atoms with E-state index in [1.807, 2.05) is 81.9 Å². The van der Waals surface area contributed by atoms with Crippen molar-refractivity contribution in [3.05, 3.63) is 103 Å². The molecule has 5 aromatic rings. The Morgan fingerprint density at radius 2 is 1.16 bits per heavy atom. The van der Waals surface area contributed by atoms with Crippen molar-refractivity contribution in [3.63, 3.8) is 0 Å². The number of ether oxygens (including phenoxy) is 4. The molecule has 0 N–H and O–H groups in total. The first-order valence-corrected chi connectivity index (χ1v) is 11.8. The van der Waals surface area contributed by atoms with E-state index in [2.05, 4.69) is 30.6 Å². The van der Waals surface area contributed by atoms with Crippen molar-refractivity contribution in [2.24, 2.45) is 0 Å². The van der Waals surface area contributed by atoms with Crippen molar-refractivity contribution >= 4 is 0 Å². The van der Waals surface area contributed by atoms with E-state index in [-0.39, 0.29) is 0 Å². The van der Waals surface area contributed by atoms with Crippen LogP contribution in [0.4, 0.5) is 0 Å². The van der Waals surface area contributed by atoms with E-state index in [0.717, 1.165) is 33.9 Å². The molecule has 0 atom stereocenters. The number of nitrogens with zero attached hydrogens (tertiary/aromatic N) is 2. The van der Waals surface area contributed by atoms with Gasteiger partial charge in [0, 0.05) is 12.1 Å². The number of benzene rings is 4. The summed E-state index contributed by atoms with van der Waals surface area (Å²) in [6.45, 7) is 0. The highest BCUT2D eigenvalue weighted by molar-refractivity contribution is 5.79. The zero-order chi connectivity index (χ0) is 25.8. The first kappa shape index (κ1) is 24.0. The largest absolute Gasteiger partial charge is 0.500 e. The lowest BCUT2D eigenvalue weighted by Crippen LogP contribution is -2.32. The summed E-state index contributed by atoms with van der Waals surface area (Å²) in [5.41, 5.74) is 5.61. The van der Waals surface area contributed by atoms with Crippen LogP contribution in [-0.4, -0.2) is 33.0 Å². The quantitative estimate of drug-likeness (QED) is 0.199. The van der Waals surface area contributed by atoms with E-state index >= 15 is 0 Å². The Balaban J connectivity index is 1.90. The molecule has 1 aromatic heterocycles. The van der Waals surface area contributed by atoms with Gasteiger partial charge in [0.1, 0.15) is 34.4 Å². The molecule has 6 heteroatoms. The second-order valence-corrected chi connectivity index (χ2v) is 8.28. The van der Waals surface area contributed by atoms with E-state index in [0.29, 0.717) is 23.0 Å². The summed E-state index contributed by atoms with van der Waals surface area (Å²) in [4.78, 5) is 0. The van der Waals surface area contributed by atoms with Gasteiger partial charge in [-0.2, -0.15) is 0 Å². The minimum Gasteiger partial charge on any atom is -0.500 e. The average Bonchev–Trinajstić information content (AvgIpc) is 3.37. The Hall–Kier alpha value is -4.71. The molecule has 1 heterocycles. The molecule has 0 spiro atoms. The molecule has 37 heavy (non-hydrogen) atoms. The molecule has 4 aromatic carbocycles. The zero-order valence-corrected chi connectivity index (χ0v) is 21.3. The predicted molar refractivity (Wildman–Crippen MR) is 143 cm³/mol. The highest BCUT2D eigenvalue weighted by Gasteiger charge is 2.25. The van der Waals surface area contributed by atoms with Crippen LogP contribution >= 0.6 is 0 Å². The first-order chi connectivity index (χ1) is 18.2. The van der Waals surface area contributed by atoms with E-state index in [4.69, 9.17) is 18.9 Å². The summed E-state index contributed by atoms with van der Waals surface area (Å²) in [5.74, 6) is 2.75. The van der Waals surface area contributed by atoms with Crippen molar-refractivity contribution in [3.8, 4) is 56.9 Å². The van der Waals surface area contributed by atoms with Crippen molar-refractivity contribution in [1.82, 2.24) is 4.57 Å². The lowest BCUT2D eigenvalue weighted by molar-refractivity contribution is -0.588. The van der Waals surface area contributed by atoms with Crippen LogP contribution in [0.2, 0.25) is 0 Å². The highest BCUT2D eigenvalue weighted by Crippen LogP contribution is 2.38. The van der Waals surface area contributed by atoms with Gasteiger partial charge in [-0.25, -0.2) is 0 Å². The Bertz CT molecular complexity index is 1400. The van der Waals surface area contributed by atoms with Crippen LogP contribution in [0.15, 0.2) is 97.1 Å². The van der Waals surface area contributed by atoms with Gasteiger partial charge in [-0.15, -0.1) is 0 Å². The number of hydrogen-bond acceptors (Lipinski definition) is 4. The Morgan fingerprint density at radius 3 is 1.76 bits per heavy atom. The minimum atomic E-state index is 0.663. The van der Waals surface area contributed by atoms with Crippen LogP contribution in [0.5, 0.6) is 23.0 Å². The summed E-state index contributed by atoms with van der Waals surface area (Å²) >= 11 is 0. The van der Waals surface area contributed by atoms with Crippen LogP contribution in [0.3, 0.4) is 0 Å². The van der Waals surface area contributed by atoms with E-state index in [9.17, 15) is 0 Å². The molecule has 0 aliphatic carbocycles. The van der Waals surface area contributed by atoms with Gasteiger partial charge in [0.25, 0.3) is 6.33 Å². The normalized spacial score (nSPS) is 10.7. The topological polar surface area (TPSA) is 45.7 Å². The molecule has 5 rings (SSSR count). The SMILES string of the molecule is COc1ccc(-n2[c-][n+](-c3ccc(OC)cc3OC)c(-c3ccccc3)c2-c2ccccc2)c(OC)c1. The number of methoxy groups -OCH3 is 4. The van der Waals surface area contributed by atoms with Crippen LogP contribution < -0.4 is 23.5 Å². The standard InChI is InChI=1S/C31H28N2O4/c1-34-24-15-17-26(28(19-24)36-3)32-21-33(27-18-16-25(35-2)20-29(27)37-4)31(23-13-9-6-10-14-23)30(32)22-11-7-5-8-12-22/h5-20H,1-4H3. The van der Waals surface area contributed by atoms with Crippen molar-refractivity contribution < 1.29 is 23.5 Å². The maximum absolute atomic E-state index is 5.80. The van der Waals surface area contributed by atoms with Gasteiger partial charge in [0.15, 0.2) is 0 Å². The molecule has 6 nitrogen and oxygen atoms in total. The average molecular weight is 493 g/mol. The van der Waals surface area contributed by atoms with Crippen LogP contribution in [0, 0.1) is 6.33 Å². The van der Waals surface area contributed by atoms with Gasteiger partial charge in [-0.05, 0) is 35.4 Å². The summed E-state index contributed by atoms with van der Waals surface area (Å²) < 4.78 is 26.5. The molecule has 0 aliphatic rings. The number of rotatable bonds is 8. The van der Waals surface area contributed by atoms with Crippen LogP contribution in [0.25, 0.3) is 33.9 Å². The molecule has 186 valence electrons. The molecule has 0 fully saturated rings. The molecule has 0 amide bonds. The maximum atomic E-state index is 5.80. The summed E-state index contributed by atoms with van der Waals surface area (Å²) in [7, 11) is 6.59. The van der Waals surface area contributed by atoms with E-state index < -0.39 is 0 Å². The molecular weight excluding hydrogens is 464 g/mol. The van der Waals surface area contributed by atoms with Crippen molar-refractivity contribution in [2.75, 3.05) is 28.4 Å². The smallest absolute Gasteiger partial charge is 0.270 e. The predicted octanol–water partition coefficient (Wildman–Crippen LogP) is 5.92. The minimum absolute atomic E-state index is 0.663. The van der Waals surface area contributed by atoms with Gasteiger partial charge in [-0.1, -0.05) is 60.7 Å². The van der Waals surface area contributed by atoms with Gasteiger partial charge in [0.2, 0.25) is 0 Å². The third-order valence-electron chi connectivity index (χ3n) is 6.22. The first-order valence-electron chi connectivity index (χ1n) is 11.8. The second kappa shape index (κ2) is 10.5. The Morgan fingerprint density at radius 1 is 0.595 bits per heavy atom. The fraction of sp³-hybridized carbons (Fsp3) is 0.129. The van der Waals surface area contributed by atoms with Crippen LogP contribution in [-0.2, 0) is 0 Å². The van der Waals surface area contributed by atoms with Crippen LogP contribution in [0.1, 0.15) is 0 Å². The van der Waals surface area contributed by atoms with Crippen molar-refractivity contribution in [2.45, 2.75) is 0 Å². The van der Waals surface area contributed by atoms with Gasteiger partial charge in [-0.3, -0.25) is 9.13 Å². The van der Waals surface area contributed by atoms with Crippen molar-refractivity contribution in [1.29, 1.82) is 0 Å². The molecule has 0 bridgehead atoms. The monoisotopic (exact) mass is 492 g/mol. The van der Waals surface area contributed by atoms with E-state index in [1.54, 1.807) is 28.4 Å². The molecule has 0 saturated heterocycles. The highest BCUT2D eigenvalue weighted by atomic mass is 16.5. The van der Waals surface area contributed by atoms with Gasteiger partial charge >= 0.3 is 0 Å². The Kier molecular flexibility index (Phi) is 6.81. The molecule has 0 unspecified atom stereocenters. The molecule has 0 saturated carbocycles. The summed E-state index contributed by atoms with van der Waals surface area (Å²) in [5, 5.41) is 0. The van der Waals surface area contributed by atoms with Gasteiger partial charge in [0.05, 0.1) is 39.8 Å². The number of hydrogen-bond donors (Lipinski definition) is 0. The maximum Gasteiger partial charge on any atom is 0.270 e. The third kappa shape index (κ3) is 4.49. The fourth-order valence-electron chi connectivity index (χ4n) is 4.42. The van der Waals surface area contributed by atoms with E-state index in [1.165, 1.54) is 0 Å². The molecule has 0 aliphatic heterocycles. The molecule has 0 radical (unpaired) electrons. The lowest BCUT2D eigenvalue weighted by Gasteiger charge is -2.15. The fourth-order valence-corrected chi connectivity index (χ4v) is 4.42. The number of aromatic nitrogens is 2. The molecular formula is C31H28N2O4. The summed E-state index contributed by atoms with van der Waals surface area (Å²) in [6, 6.07) is 32.1. The number of imidazole rings is 1. The summed E-state index contributed by atoms with van der Waals surface area (Å²) in [6.07, 6.45) is 3.60. The second-order valence-electron chi connectivity index (χ2n) is 8.28.